The molecule has 0 bridgehead atoms. The normalized spacial score (nSPS) is 15.1. The first kappa shape index (κ1) is 28.5. The van der Waals surface area contributed by atoms with Gasteiger partial charge in [-0.15, -0.1) is 0 Å². The number of hydrogen-bond acceptors (Lipinski definition) is 6. The number of carbonyl (C=O) groups excluding carboxylic acids is 5. The van der Waals surface area contributed by atoms with Crippen molar-refractivity contribution in [2.45, 2.75) is 31.6 Å². The number of aryl methyl sites for hydroxylation is 1. The Labute approximate surface area is 231 Å². The van der Waals surface area contributed by atoms with E-state index in [1.165, 1.54) is 18.2 Å². The van der Waals surface area contributed by atoms with Gasteiger partial charge in [0, 0.05) is 6.92 Å². The minimum absolute atomic E-state index is 0.233. The van der Waals surface area contributed by atoms with Gasteiger partial charge in [0.2, 0.25) is 5.41 Å². The van der Waals surface area contributed by atoms with E-state index in [2.05, 4.69) is 0 Å². The molecule has 42 heavy (non-hydrogen) atoms. The highest BCUT2D eigenvalue weighted by atomic mass is 19.4. The standard InChI is InChI=1S/C28H16F6N2O6/c1-12-3-8-20(21(9-12)42-13(2)37)36-24(40)17-7-5-15(11-19(17)25(36)41)26(27(29,30)31,28(32,33)34)14-4-6-16-18(10-14)23(39)35-22(16)38/h3-11H,1-2H3,(H,35,38,39). The number of imide groups is 2. The zero-order chi connectivity index (χ0) is 30.9. The Morgan fingerprint density at radius 1 is 0.714 bits per heavy atom. The van der Waals surface area contributed by atoms with Gasteiger partial charge in [0.1, 0.15) is 0 Å². The fourth-order valence-electron chi connectivity index (χ4n) is 5.12. The van der Waals surface area contributed by atoms with Crippen LogP contribution in [0.2, 0.25) is 0 Å². The van der Waals surface area contributed by atoms with E-state index in [-0.39, 0.29) is 11.4 Å². The summed E-state index contributed by atoms with van der Waals surface area (Å²) in [7, 11) is 0. The molecule has 0 unspecified atom stereocenters. The molecule has 3 aromatic carbocycles. The van der Waals surface area contributed by atoms with Crippen LogP contribution in [0.3, 0.4) is 0 Å². The number of ether oxygens (including phenoxy) is 1. The van der Waals surface area contributed by atoms with Crippen molar-refractivity contribution in [3.05, 3.63) is 93.5 Å². The summed E-state index contributed by atoms with van der Waals surface area (Å²) in [6.07, 6.45) is -12.2. The van der Waals surface area contributed by atoms with Crippen molar-refractivity contribution in [2.24, 2.45) is 0 Å². The first-order valence-electron chi connectivity index (χ1n) is 11.9. The molecular formula is C28H16F6N2O6. The van der Waals surface area contributed by atoms with Gasteiger partial charge in [-0.1, -0.05) is 18.2 Å². The highest BCUT2D eigenvalue weighted by Crippen LogP contribution is 2.57. The Balaban J connectivity index is 1.72. The number of rotatable bonds is 4. The monoisotopic (exact) mass is 590 g/mol. The van der Waals surface area contributed by atoms with E-state index >= 15 is 0 Å². The van der Waals surface area contributed by atoms with Crippen molar-refractivity contribution in [3.63, 3.8) is 0 Å². The van der Waals surface area contributed by atoms with E-state index in [0.29, 0.717) is 46.9 Å². The summed E-state index contributed by atoms with van der Waals surface area (Å²) < 4.78 is 93.6. The molecule has 2 heterocycles. The number of hydrogen-bond donors (Lipinski definition) is 1. The van der Waals surface area contributed by atoms with Crippen LogP contribution in [0.15, 0.2) is 54.6 Å². The van der Waals surface area contributed by atoms with Crippen molar-refractivity contribution < 1.29 is 55.1 Å². The number of alkyl halides is 6. The minimum Gasteiger partial charge on any atom is -0.424 e. The van der Waals surface area contributed by atoms with Crippen LogP contribution in [0, 0.1) is 6.92 Å². The van der Waals surface area contributed by atoms with Crippen molar-refractivity contribution in [3.8, 4) is 5.75 Å². The lowest BCUT2D eigenvalue weighted by Crippen LogP contribution is -2.55. The molecule has 0 saturated carbocycles. The van der Waals surface area contributed by atoms with Crippen molar-refractivity contribution in [1.82, 2.24) is 5.32 Å². The van der Waals surface area contributed by atoms with Gasteiger partial charge in [-0.05, 0) is 60.0 Å². The second kappa shape index (κ2) is 9.26. The van der Waals surface area contributed by atoms with Gasteiger partial charge in [-0.25, -0.2) is 4.90 Å². The van der Waals surface area contributed by atoms with Gasteiger partial charge in [0.05, 0.1) is 27.9 Å². The summed E-state index contributed by atoms with van der Waals surface area (Å²) in [5, 5.41) is 1.80. The smallest absolute Gasteiger partial charge is 0.411 e. The average molecular weight is 590 g/mol. The molecule has 1 N–H and O–H groups in total. The molecule has 0 spiro atoms. The summed E-state index contributed by atoms with van der Waals surface area (Å²) in [5.74, 6) is -5.55. The number of halogens is 6. The molecule has 2 aliphatic rings. The lowest BCUT2D eigenvalue weighted by atomic mass is 9.71. The molecule has 3 aromatic rings. The topological polar surface area (TPSA) is 110 Å². The number of esters is 1. The van der Waals surface area contributed by atoms with E-state index < -0.39 is 80.7 Å². The Bertz CT molecular complexity index is 1730. The van der Waals surface area contributed by atoms with Crippen molar-refractivity contribution in [1.29, 1.82) is 0 Å². The third-order valence-electron chi connectivity index (χ3n) is 6.95. The Morgan fingerprint density at radius 3 is 1.81 bits per heavy atom. The lowest BCUT2D eigenvalue weighted by molar-refractivity contribution is -0.288. The van der Waals surface area contributed by atoms with Crippen LogP contribution in [0.1, 0.15) is 65.0 Å². The second-order valence-electron chi connectivity index (χ2n) is 9.56. The maximum Gasteiger partial charge on any atom is 0.411 e. The molecule has 0 saturated heterocycles. The average Bonchev–Trinajstić information content (AvgIpc) is 3.29. The number of amides is 4. The number of nitrogens with zero attached hydrogens (tertiary/aromatic N) is 1. The minimum atomic E-state index is -6.09. The van der Waals surface area contributed by atoms with Crippen LogP contribution in [0.5, 0.6) is 5.75 Å². The molecule has 8 nitrogen and oxygen atoms in total. The van der Waals surface area contributed by atoms with E-state index in [0.717, 1.165) is 6.92 Å². The quantitative estimate of drug-likeness (QED) is 0.198. The number of carbonyl (C=O) groups is 5. The summed E-state index contributed by atoms with van der Waals surface area (Å²) in [5.41, 5.74) is -9.73. The largest absolute Gasteiger partial charge is 0.424 e. The molecule has 0 radical (unpaired) electrons. The summed E-state index contributed by atoms with van der Waals surface area (Å²) in [6, 6.07) is 6.87. The third kappa shape index (κ3) is 4.04. The number of benzene rings is 3. The van der Waals surface area contributed by atoms with Crippen molar-refractivity contribution in [2.75, 3.05) is 4.90 Å². The predicted octanol–water partition coefficient (Wildman–Crippen LogP) is 5.02. The maximum absolute atomic E-state index is 14.7. The Morgan fingerprint density at radius 2 is 1.24 bits per heavy atom. The summed E-state index contributed by atoms with van der Waals surface area (Å²) in [4.78, 5) is 62.6. The first-order valence-corrected chi connectivity index (χ1v) is 11.9. The molecule has 4 amide bonds. The van der Waals surface area contributed by atoms with E-state index in [4.69, 9.17) is 4.74 Å². The fraction of sp³-hybridized carbons (Fsp3) is 0.179. The van der Waals surface area contributed by atoms with E-state index in [1.807, 2.05) is 0 Å². The van der Waals surface area contributed by atoms with Gasteiger partial charge in [0.15, 0.2) is 5.75 Å². The van der Waals surface area contributed by atoms with Crippen LogP contribution >= 0.6 is 0 Å². The number of anilines is 1. The molecule has 0 fully saturated rings. The fourth-order valence-corrected chi connectivity index (χ4v) is 5.12. The van der Waals surface area contributed by atoms with Crippen LogP contribution in [0.4, 0.5) is 32.0 Å². The van der Waals surface area contributed by atoms with E-state index in [9.17, 15) is 50.3 Å². The summed E-state index contributed by atoms with van der Waals surface area (Å²) >= 11 is 0. The zero-order valence-electron chi connectivity index (χ0n) is 21.4. The van der Waals surface area contributed by atoms with Gasteiger partial charge in [-0.2, -0.15) is 26.3 Å². The highest BCUT2D eigenvalue weighted by molar-refractivity contribution is 6.35. The molecule has 2 aliphatic heterocycles. The Kier molecular flexibility index (Phi) is 6.29. The van der Waals surface area contributed by atoms with Gasteiger partial charge in [-0.3, -0.25) is 29.3 Å². The van der Waals surface area contributed by atoms with Crippen LogP contribution < -0.4 is 15.0 Å². The number of fused-ring (bicyclic) bond motifs is 2. The van der Waals surface area contributed by atoms with E-state index in [1.54, 1.807) is 12.2 Å². The zero-order valence-corrected chi connectivity index (χ0v) is 21.4. The third-order valence-corrected chi connectivity index (χ3v) is 6.95. The van der Waals surface area contributed by atoms with Crippen LogP contribution in [0.25, 0.3) is 0 Å². The molecule has 5 rings (SSSR count). The van der Waals surface area contributed by atoms with Crippen LogP contribution in [-0.2, 0) is 10.2 Å². The molecule has 0 atom stereocenters. The van der Waals surface area contributed by atoms with Gasteiger partial charge >= 0.3 is 18.3 Å². The van der Waals surface area contributed by atoms with Crippen LogP contribution in [-0.4, -0.2) is 42.0 Å². The molecular weight excluding hydrogens is 574 g/mol. The molecule has 0 aliphatic carbocycles. The maximum atomic E-state index is 14.7. The van der Waals surface area contributed by atoms with Gasteiger partial charge in [0.25, 0.3) is 23.6 Å². The molecule has 0 aromatic heterocycles. The lowest BCUT2D eigenvalue weighted by Gasteiger charge is -2.38. The van der Waals surface area contributed by atoms with Crippen molar-refractivity contribution >= 4 is 35.3 Å². The van der Waals surface area contributed by atoms with Gasteiger partial charge < -0.3 is 4.74 Å². The SMILES string of the molecule is CC(=O)Oc1cc(C)ccc1N1C(=O)c2ccc(C(c3ccc4c(c3)C(=O)NC4=O)(C(F)(F)F)C(F)(F)F)cc2C1=O. The molecule has 216 valence electrons. The molecule has 14 heteroatoms. The Hall–Kier alpha value is -5.01. The first-order chi connectivity index (χ1) is 19.5. The highest BCUT2D eigenvalue weighted by Gasteiger charge is 2.73. The predicted molar refractivity (Wildman–Crippen MR) is 131 cm³/mol. The second-order valence-corrected chi connectivity index (χ2v) is 9.56. The number of nitrogens with one attached hydrogen (secondary N) is 1. The summed E-state index contributed by atoms with van der Waals surface area (Å²) in [6.45, 7) is 2.66.